The molecule has 0 amide bonds. The van der Waals surface area contributed by atoms with E-state index in [2.05, 4.69) is 34.9 Å². The van der Waals surface area contributed by atoms with Crippen molar-refractivity contribution in [2.75, 3.05) is 20.6 Å². The molecular weight excluding hydrogens is 362 g/mol. The quantitative estimate of drug-likeness (QED) is 0.107. The van der Waals surface area contributed by atoms with Gasteiger partial charge in [0, 0.05) is 0 Å². The minimum Gasteiger partial charge on any atom is -0.326 e. The van der Waals surface area contributed by atoms with E-state index < -0.39 is 0 Å². The lowest BCUT2D eigenvalue weighted by molar-refractivity contribution is -0.915. The van der Waals surface area contributed by atoms with Crippen molar-refractivity contribution in [3.8, 4) is 0 Å². The highest BCUT2D eigenvalue weighted by atomic mass is 15.3. The molecule has 0 heterocycles. The molecule has 182 valence electrons. The van der Waals surface area contributed by atoms with Crippen LogP contribution in [0.1, 0.15) is 162 Å². The van der Waals surface area contributed by atoms with Gasteiger partial charge in [0.1, 0.15) is 0 Å². The monoisotopic (exact) mass is 424 g/mol. The largest absolute Gasteiger partial charge is 0.326 e. The minimum atomic E-state index is 0.873. The number of nitrogens with zero attached hydrogens (tertiary/aromatic N) is 1. The number of quaternary nitrogens is 1. The van der Waals surface area contributed by atoms with Crippen molar-refractivity contribution in [3.05, 3.63) is 0 Å². The first-order chi connectivity index (χ1) is 14.6. The molecule has 0 radical (unpaired) electrons. The molecule has 30 heavy (non-hydrogen) atoms. The lowest BCUT2D eigenvalue weighted by atomic mass is 10.0. The molecule has 0 saturated carbocycles. The molecule has 0 aromatic heterocycles. The Morgan fingerprint density at radius 3 is 1.13 bits per heavy atom. The molecule has 1 heteroatoms. The first-order valence-corrected chi connectivity index (χ1v) is 14.4. The van der Waals surface area contributed by atoms with Crippen molar-refractivity contribution < 1.29 is 4.48 Å². The van der Waals surface area contributed by atoms with E-state index in [4.69, 9.17) is 0 Å². The Morgan fingerprint density at radius 1 is 0.433 bits per heavy atom. The molecule has 0 fully saturated rings. The Labute approximate surface area is 193 Å². The molecule has 0 spiro atoms. The zero-order valence-electron chi connectivity index (χ0n) is 22.3. The second-order valence-corrected chi connectivity index (χ2v) is 10.7. The summed E-state index contributed by atoms with van der Waals surface area (Å²) in [7, 11) is 5.00. The standard InChI is InChI=1S/C29H62N/c1-6-9-11-13-15-17-19-21-23-25-27-29(8-3)30(4,5)28-26-24-22-20-18-16-14-12-10-7-2/h29H,6-28H2,1-5H3/q+1. The second kappa shape index (κ2) is 22.2. The van der Waals surface area contributed by atoms with Crippen LogP contribution >= 0.6 is 0 Å². The topological polar surface area (TPSA) is 0 Å². The van der Waals surface area contributed by atoms with Crippen molar-refractivity contribution in [1.82, 2.24) is 0 Å². The average molecular weight is 425 g/mol. The normalized spacial score (nSPS) is 13.1. The molecular formula is C29H62N+. The zero-order chi connectivity index (χ0) is 22.3. The molecule has 0 saturated heterocycles. The summed E-state index contributed by atoms with van der Waals surface area (Å²) >= 11 is 0. The minimum absolute atomic E-state index is 0.873. The van der Waals surface area contributed by atoms with Crippen molar-refractivity contribution in [1.29, 1.82) is 0 Å². The van der Waals surface area contributed by atoms with Gasteiger partial charge in [-0.3, -0.25) is 0 Å². The van der Waals surface area contributed by atoms with Crippen LogP contribution < -0.4 is 0 Å². The highest BCUT2D eigenvalue weighted by Crippen LogP contribution is 2.21. The molecule has 0 aliphatic rings. The van der Waals surface area contributed by atoms with Gasteiger partial charge in [-0.15, -0.1) is 0 Å². The summed E-state index contributed by atoms with van der Waals surface area (Å²) in [6.45, 7) is 8.41. The van der Waals surface area contributed by atoms with E-state index in [-0.39, 0.29) is 0 Å². The number of hydrogen-bond donors (Lipinski definition) is 0. The van der Waals surface area contributed by atoms with Crippen LogP contribution in [0.3, 0.4) is 0 Å². The summed E-state index contributed by atoms with van der Waals surface area (Å²) in [4.78, 5) is 0. The summed E-state index contributed by atoms with van der Waals surface area (Å²) in [6, 6.07) is 0.873. The molecule has 1 atom stereocenters. The van der Waals surface area contributed by atoms with E-state index in [0.717, 1.165) is 6.04 Å². The molecule has 0 bridgehead atoms. The summed E-state index contributed by atoms with van der Waals surface area (Å²) in [5.41, 5.74) is 0. The summed E-state index contributed by atoms with van der Waals surface area (Å²) in [5, 5.41) is 0. The molecule has 1 nitrogen and oxygen atoms in total. The Bertz CT molecular complexity index is 322. The fraction of sp³-hybridized carbons (Fsp3) is 1.00. The summed E-state index contributed by atoms with van der Waals surface area (Å²) in [6.07, 6.45) is 31.8. The number of hydrogen-bond acceptors (Lipinski definition) is 0. The third-order valence-corrected chi connectivity index (χ3v) is 7.44. The fourth-order valence-corrected chi connectivity index (χ4v) is 5.10. The predicted molar refractivity (Wildman–Crippen MR) is 139 cm³/mol. The molecule has 0 rings (SSSR count). The SMILES string of the molecule is CCCCCCCCCCCCC(CC)[N+](C)(C)CCCCCCCCCCCC. The van der Waals surface area contributed by atoms with E-state index in [1.807, 2.05) is 0 Å². The Morgan fingerprint density at radius 2 is 0.767 bits per heavy atom. The van der Waals surface area contributed by atoms with E-state index >= 15 is 0 Å². The fourth-order valence-electron chi connectivity index (χ4n) is 5.10. The van der Waals surface area contributed by atoms with Gasteiger partial charge in [0.2, 0.25) is 0 Å². The second-order valence-electron chi connectivity index (χ2n) is 10.7. The van der Waals surface area contributed by atoms with Gasteiger partial charge in [-0.25, -0.2) is 0 Å². The third kappa shape index (κ3) is 18.7. The van der Waals surface area contributed by atoms with Gasteiger partial charge < -0.3 is 4.48 Å². The maximum atomic E-state index is 2.50. The first kappa shape index (κ1) is 30.0. The van der Waals surface area contributed by atoms with Crippen molar-refractivity contribution in [3.63, 3.8) is 0 Å². The van der Waals surface area contributed by atoms with Gasteiger partial charge in [0.25, 0.3) is 0 Å². The summed E-state index contributed by atoms with van der Waals surface area (Å²) in [5.74, 6) is 0. The lowest BCUT2D eigenvalue weighted by Crippen LogP contribution is -2.49. The van der Waals surface area contributed by atoms with Crippen LogP contribution in [0, 0.1) is 0 Å². The van der Waals surface area contributed by atoms with Crippen LogP contribution in [0.5, 0.6) is 0 Å². The first-order valence-electron chi connectivity index (χ1n) is 14.4. The molecule has 0 N–H and O–H groups in total. The lowest BCUT2D eigenvalue weighted by Gasteiger charge is -2.38. The van der Waals surface area contributed by atoms with Gasteiger partial charge >= 0.3 is 0 Å². The molecule has 0 aromatic rings. The zero-order valence-corrected chi connectivity index (χ0v) is 22.3. The van der Waals surface area contributed by atoms with Crippen LogP contribution in [0.4, 0.5) is 0 Å². The molecule has 0 aliphatic carbocycles. The van der Waals surface area contributed by atoms with Crippen LogP contribution in [-0.4, -0.2) is 31.2 Å². The van der Waals surface area contributed by atoms with Gasteiger partial charge in [-0.2, -0.15) is 0 Å². The Balaban J connectivity index is 3.65. The van der Waals surface area contributed by atoms with E-state index in [0.29, 0.717) is 0 Å². The predicted octanol–water partition coefficient (Wildman–Crippen LogP) is 10.1. The van der Waals surface area contributed by atoms with Gasteiger partial charge in [0.15, 0.2) is 0 Å². The van der Waals surface area contributed by atoms with Crippen molar-refractivity contribution in [2.45, 2.75) is 168 Å². The molecule has 0 aromatic carbocycles. The third-order valence-electron chi connectivity index (χ3n) is 7.44. The van der Waals surface area contributed by atoms with Crippen LogP contribution in [0.25, 0.3) is 0 Å². The van der Waals surface area contributed by atoms with E-state index in [1.54, 1.807) is 0 Å². The van der Waals surface area contributed by atoms with Gasteiger partial charge in [-0.1, -0.05) is 130 Å². The van der Waals surface area contributed by atoms with Crippen molar-refractivity contribution >= 4 is 0 Å². The number of rotatable bonds is 24. The molecule has 1 unspecified atom stereocenters. The van der Waals surface area contributed by atoms with E-state index in [1.165, 1.54) is 152 Å². The van der Waals surface area contributed by atoms with Gasteiger partial charge in [0.05, 0.1) is 26.7 Å². The van der Waals surface area contributed by atoms with Crippen molar-refractivity contribution in [2.24, 2.45) is 0 Å². The Hall–Kier alpha value is -0.0400. The smallest absolute Gasteiger partial charge is 0.0883 e. The maximum absolute atomic E-state index is 2.50. The number of unbranched alkanes of at least 4 members (excludes halogenated alkanes) is 18. The summed E-state index contributed by atoms with van der Waals surface area (Å²) < 4.78 is 1.25. The van der Waals surface area contributed by atoms with Gasteiger partial charge in [-0.05, 0) is 32.1 Å². The van der Waals surface area contributed by atoms with E-state index in [9.17, 15) is 0 Å². The average Bonchev–Trinajstić information content (AvgIpc) is 2.73. The molecule has 0 aliphatic heterocycles. The Kier molecular flexibility index (Phi) is 22.1. The highest BCUT2D eigenvalue weighted by molar-refractivity contribution is 4.59. The highest BCUT2D eigenvalue weighted by Gasteiger charge is 2.25. The van der Waals surface area contributed by atoms with Crippen LogP contribution in [-0.2, 0) is 0 Å². The maximum Gasteiger partial charge on any atom is 0.0883 e. The van der Waals surface area contributed by atoms with Crippen LogP contribution in [0.15, 0.2) is 0 Å². The van der Waals surface area contributed by atoms with Crippen LogP contribution in [0.2, 0.25) is 0 Å².